The molecule has 1 unspecified atom stereocenters. The lowest BCUT2D eigenvalue weighted by molar-refractivity contribution is -0.140. The average Bonchev–Trinajstić information content (AvgIpc) is 2.93. The predicted molar refractivity (Wildman–Crippen MR) is 104 cm³/mol. The van der Waals surface area contributed by atoms with Gasteiger partial charge in [0.1, 0.15) is 12.3 Å². The highest BCUT2D eigenvalue weighted by Gasteiger charge is 2.42. The Hall–Kier alpha value is -2.93. The minimum atomic E-state index is -0.455. The number of nitrogens with zero attached hydrogens (tertiary/aromatic N) is 2. The first-order valence-electron chi connectivity index (χ1n) is 9.54. The lowest BCUT2D eigenvalue weighted by Crippen LogP contribution is -2.55. The number of hydrogen-bond acceptors (Lipinski definition) is 4. The van der Waals surface area contributed by atoms with Gasteiger partial charge < -0.3 is 19.5 Å². The van der Waals surface area contributed by atoms with Crippen LogP contribution >= 0.6 is 0 Å². The molecule has 146 valence electrons. The molecule has 2 fully saturated rings. The SMILES string of the molecule is O=C(c1cccc(=O)[nH]1)N1CCCC2(CC1)CN(c1ccccc1)C(=O)CO2. The number of nitrogens with one attached hydrogen (secondary N) is 1. The third kappa shape index (κ3) is 3.71. The van der Waals surface area contributed by atoms with Crippen molar-refractivity contribution < 1.29 is 14.3 Å². The minimum absolute atomic E-state index is 0.0455. The van der Waals surface area contributed by atoms with Crippen LogP contribution in [0.2, 0.25) is 0 Å². The summed E-state index contributed by atoms with van der Waals surface area (Å²) in [7, 11) is 0. The number of pyridine rings is 1. The van der Waals surface area contributed by atoms with Gasteiger partial charge in [0, 0.05) is 24.8 Å². The molecule has 7 nitrogen and oxygen atoms in total. The number of morpholine rings is 1. The topological polar surface area (TPSA) is 82.7 Å². The second kappa shape index (κ2) is 7.59. The molecular weight excluding hydrogens is 358 g/mol. The molecule has 1 spiro atoms. The van der Waals surface area contributed by atoms with Crippen LogP contribution in [0.3, 0.4) is 0 Å². The zero-order valence-corrected chi connectivity index (χ0v) is 15.6. The zero-order valence-electron chi connectivity index (χ0n) is 15.6. The highest BCUT2D eigenvalue weighted by atomic mass is 16.5. The molecule has 0 saturated carbocycles. The fraction of sp³-hybridized carbons (Fsp3) is 0.381. The van der Waals surface area contributed by atoms with E-state index in [0.29, 0.717) is 31.7 Å². The van der Waals surface area contributed by atoms with E-state index in [9.17, 15) is 14.4 Å². The van der Waals surface area contributed by atoms with Crippen LogP contribution in [0, 0.1) is 0 Å². The van der Waals surface area contributed by atoms with E-state index in [4.69, 9.17) is 4.74 Å². The normalized spacial score (nSPS) is 22.9. The molecule has 4 rings (SSSR count). The average molecular weight is 381 g/mol. The molecule has 2 aliphatic rings. The molecule has 1 aromatic carbocycles. The van der Waals surface area contributed by atoms with Crippen molar-refractivity contribution in [3.05, 3.63) is 64.6 Å². The van der Waals surface area contributed by atoms with Crippen LogP contribution in [0.4, 0.5) is 5.69 Å². The fourth-order valence-electron chi connectivity index (χ4n) is 3.97. The number of carbonyl (C=O) groups is 2. The molecule has 28 heavy (non-hydrogen) atoms. The smallest absolute Gasteiger partial charge is 0.270 e. The van der Waals surface area contributed by atoms with Crippen LogP contribution in [0.1, 0.15) is 29.8 Å². The molecular formula is C21H23N3O4. The molecule has 1 atom stereocenters. The zero-order chi connectivity index (χ0) is 19.6. The number of para-hydroxylation sites is 1. The third-order valence-electron chi connectivity index (χ3n) is 5.50. The number of aromatic amines is 1. The number of likely N-dealkylation sites (tertiary alicyclic amines) is 1. The van der Waals surface area contributed by atoms with Crippen molar-refractivity contribution in [3.63, 3.8) is 0 Å². The Morgan fingerprint density at radius 1 is 1.00 bits per heavy atom. The number of anilines is 1. The van der Waals surface area contributed by atoms with Crippen molar-refractivity contribution in [2.75, 3.05) is 31.1 Å². The van der Waals surface area contributed by atoms with E-state index < -0.39 is 5.60 Å². The Morgan fingerprint density at radius 2 is 1.82 bits per heavy atom. The summed E-state index contributed by atoms with van der Waals surface area (Å²) in [5.41, 5.74) is 0.427. The number of H-pyrrole nitrogens is 1. The van der Waals surface area contributed by atoms with Crippen molar-refractivity contribution in [2.45, 2.75) is 24.9 Å². The maximum atomic E-state index is 12.8. The van der Waals surface area contributed by atoms with Crippen LogP contribution in [0.5, 0.6) is 0 Å². The number of aromatic nitrogens is 1. The molecule has 2 saturated heterocycles. The third-order valence-corrected chi connectivity index (χ3v) is 5.50. The van der Waals surface area contributed by atoms with E-state index in [2.05, 4.69) is 4.98 Å². The summed E-state index contributed by atoms with van der Waals surface area (Å²) < 4.78 is 6.02. The number of carbonyl (C=O) groups excluding carboxylic acids is 2. The summed E-state index contributed by atoms with van der Waals surface area (Å²) >= 11 is 0. The van der Waals surface area contributed by atoms with Crippen LogP contribution in [0.15, 0.2) is 53.3 Å². The number of rotatable bonds is 2. The summed E-state index contributed by atoms with van der Waals surface area (Å²) in [4.78, 5) is 42.8. The molecule has 1 aromatic heterocycles. The second-order valence-corrected chi connectivity index (χ2v) is 7.36. The van der Waals surface area contributed by atoms with Crippen molar-refractivity contribution in [1.29, 1.82) is 0 Å². The fourth-order valence-corrected chi connectivity index (χ4v) is 3.97. The number of amides is 2. The van der Waals surface area contributed by atoms with Gasteiger partial charge in [-0.15, -0.1) is 0 Å². The van der Waals surface area contributed by atoms with Gasteiger partial charge in [0.2, 0.25) is 5.56 Å². The molecule has 3 heterocycles. The second-order valence-electron chi connectivity index (χ2n) is 7.36. The number of benzene rings is 1. The van der Waals surface area contributed by atoms with E-state index in [1.54, 1.807) is 21.9 Å². The largest absolute Gasteiger partial charge is 0.363 e. The Labute approximate surface area is 162 Å². The van der Waals surface area contributed by atoms with Crippen LogP contribution < -0.4 is 10.5 Å². The van der Waals surface area contributed by atoms with Crippen molar-refractivity contribution in [1.82, 2.24) is 9.88 Å². The summed E-state index contributed by atoms with van der Waals surface area (Å²) in [5, 5.41) is 0. The van der Waals surface area contributed by atoms with E-state index in [0.717, 1.165) is 18.5 Å². The molecule has 0 aliphatic carbocycles. The first-order valence-corrected chi connectivity index (χ1v) is 9.54. The minimum Gasteiger partial charge on any atom is -0.363 e. The number of hydrogen-bond donors (Lipinski definition) is 1. The number of ether oxygens (including phenoxy) is 1. The van der Waals surface area contributed by atoms with Gasteiger partial charge in [-0.1, -0.05) is 24.3 Å². The maximum Gasteiger partial charge on any atom is 0.270 e. The van der Waals surface area contributed by atoms with E-state index in [-0.39, 0.29) is 24.0 Å². The molecule has 1 N–H and O–H groups in total. The summed E-state index contributed by atoms with van der Waals surface area (Å²) in [5.74, 6) is -0.225. The van der Waals surface area contributed by atoms with Crippen molar-refractivity contribution in [2.24, 2.45) is 0 Å². The van der Waals surface area contributed by atoms with Gasteiger partial charge in [0.05, 0.1) is 12.1 Å². The van der Waals surface area contributed by atoms with E-state index in [1.165, 1.54) is 6.07 Å². The van der Waals surface area contributed by atoms with Gasteiger partial charge >= 0.3 is 0 Å². The highest BCUT2D eigenvalue weighted by molar-refractivity contribution is 5.95. The Bertz CT molecular complexity index is 927. The first kappa shape index (κ1) is 18.4. The standard InChI is InChI=1S/C21H23N3O4/c25-18-9-4-8-17(22-18)20(27)23-12-5-10-21(11-13-23)15-24(19(26)14-28-21)16-6-2-1-3-7-16/h1-4,6-9H,5,10-15H2,(H,22,25). The predicted octanol–water partition coefficient (Wildman–Crippen LogP) is 1.80. The van der Waals surface area contributed by atoms with Crippen LogP contribution in [0.25, 0.3) is 0 Å². The Kier molecular flexibility index (Phi) is 5.00. The molecule has 0 bridgehead atoms. The Balaban J connectivity index is 1.49. The maximum absolute atomic E-state index is 12.8. The summed E-state index contributed by atoms with van der Waals surface area (Å²) in [6.07, 6.45) is 2.20. The molecule has 2 aliphatic heterocycles. The molecule has 0 radical (unpaired) electrons. The monoisotopic (exact) mass is 381 g/mol. The summed E-state index contributed by atoms with van der Waals surface area (Å²) in [6.45, 7) is 1.65. The lowest BCUT2D eigenvalue weighted by atomic mass is 9.92. The molecule has 2 amide bonds. The quantitative estimate of drug-likeness (QED) is 0.860. The lowest BCUT2D eigenvalue weighted by Gasteiger charge is -2.42. The van der Waals surface area contributed by atoms with Gasteiger partial charge in [0.15, 0.2) is 0 Å². The van der Waals surface area contributed by atoms with Gasteiger partial charge in [-0.05, 0) is 37.5 Å². The molecule has 2 aromatic rings. The summed E-state index contributed by atoms with van der Waals surface area (Å²) in [6, 6.07) is 14.2. The van der Waals surface area contributed by atoms with Gasteiger partial charge in [-0.2, -0.15) is 0 Å². The molecule has 7 heteroatoms. The Morgan fingerprint density at radius 3 is 2.61 bits per heavy atom. The van der Waals surface area contributed by atoms with Gasteiger partial charge in [0.25, 0.3) is 11.8 Å². The first-order chi connectivity index (χ1) is 13.6. The van der Waals surface area contributed by atoms with Crippen LogP contribution in [-0.4, -0.2) is 53.5 Å². The van der Waals surface area contributed by atoms with E-state index >= 15 is 0 Å². The van der Waals surface area contributed by atoms with Gasteiger partial charge in [-0.25, -0.2) is 0 Å². The van der Waals surface area contributed by atoms with Gasteiger partial charge in [-0.3, -0.25) is 14.4 Å². The van der Waals surface area contributed by atoms with Crippen molar-refractivity contribution >= 4 is 17.5 Å². The van der Waals surface area contributed by atoms with Crippen molar-refractivity contribution in [3.8, 4) is 0 Å². The highest BCUT2D eigenvalue weighted by Crippen LogP contribution is 2.33. The van der Waals surface area contributed by atoms with Crippen LogP contribution in [-0.2, 0) is 9.53 Å². The van der Waals surface area contributed by atoms with E-state index in [1.807, 2.05) is 30.3 Å².